The van der Waals surface area contributed by atoms with Gasteiger partial charge in [-0.1, -0.05) is 12.5 Å². The standard InChI is InChI=1S/C16H19N5O4/c22-15(13-6-1-2-8-21-14(13)18-19-20-21)17-7-9-25-12-5-3-4-11(10-12)16(23)24/h3-5,10,13H,1-2,6-9H2,(H,17,22)(H,23,24)/t13-/m0/s1. The van der Waals surface area contributed by atoms with Crippen molar-refractivity contribution in [1.82, 2.24) is 25.5 Å². The predicted octanol–water partition coefficient (Wildman–Crippen LogP) is 0.834. The summed E-state index contributed by atoms with van der Waals surface area (Å²) in [5.74, 6) is -0.434. The third kappa shape index (κ3) is 4.11. The molecule has 0 unspecified atom stereocenters. The van der Waals surface area contributed by atoms with Crippen molar-refractivity contribution in [2.45, 2.75) is 31.7 Å². The van der Waals surface area contributed by atoms with Crippen molar-refractivity contribution in [1.29, 1.82) is 0 Å². The maximum absolute atomic E-state index is 12.4. The van der Waals surface area contributed by atoms with Crippen LogP contribution in [0.4, 0.5) is 0 Å². The molecule has 0 saturated carbocycles. The molecule has 0 radical (unpaired) electrons. The van der Waals surface area contributed by atoms with Gasteiger partial charge in [0, 0.05) is 6.54 Å². The molecule has 1 aromatic carbocycles. The number of hydrogen-bond donors (Lipinski definition) is 2. The number of carbonyl (C=O) groups excluding carboxylic acids is 1. The second kappa shape index (κ2) is 7.73. The van der Waals surface area contributed by atoms with Gasteiger partial charge in [0.15, 0.2) is 5.82 Å². The average molecular weight is 345 g/mol. The minimum Gasteiger partial charge on any atom is -0.492 e. The first-order chi connectivity index (χ1) is 12.1. The Morgan fingerprint density at radius 2 is 2.24 bits per heavy atom. The normalized spacial score (nSPS) is 16.6. The minimum atomic E-state index is -1.01. The number of carboxylic acid groups (broad SMARTS) is 1. The number of nitrogens with zero attached hydrogens (tertiary/aromatic N) is 4. The van der Waals surface area contributed by atoms with Gasteiger partial charge in [0.1, 0.15) is 12.4 Å². The highest BCUT2D eigenvalue weighted by molar-refractivity contribution is 5.88. The van der Waals surface area contributed by atoms with Crippen molar-refractivity contribution in [2.75, 3.05) is 13.2 Å². The Morgan fingerprint density at radius 3 is 3.08 bits per heavy atom. The van der Waals surface area contributed by atoms with Gasteiger partial charge in [0.25, 0.3) is 0 Å². The van der Waals surface area contributed by atoms with Crippen LogP contribution < -0.4 is 10.1 Å². The Balaban J connectivity index is 1.50. The van der Waals surface area contributed by atoms with E-state index in [1.807, 2.05) is 0 Å². The molecule has 2 aromatic rings. The molecule has 2 heterocycles. The summed E-state index contributed by atoms with van der Waals surface area (Å²) in [6.07, 6.45) is 2.60. The Hall–Kier alpha value is -2.97. The van der Waals surface area contributed by atoms with Gasteiger partial charge in [-0.15, -0.1) is 5.10 Å². The molecule has 1 aromatic heterocycles. The number of aryl methyl sites for hydroxylation is 1. The quantitative estimate of drug-likeness (QED) is 0.744. The highest BCUT2D eigenvalue weighted by Gasteiger charge is 2.28. The van der Waals surface area contributed by atoms with Crippen molar-refractivity contribution in [2.24, 2.45) is 0 Å². The van der Waals surface area contributed by atoms with E-state index in [2.05, 4.69) is 20.8 Å². The second-order valence-corrected chi connectivity index (χ2v) is 5.78. The van der Waals surface area contributed by atoms with Crippen LogP contribution in [0.1, 0.15) is 41.4 Å². The molecule has 9 nitrogen and oxygen atoms in total. The zero-order valence-electron chi connectivity index (χ0n) is 13.6. The number of tetrazole rings is 1. The molecule has 1 atom stereocenters. The van der Waals surface area contributed by atoms with Gasteiger partial charge < -0.3 is 15.2 Å². The lowest BCUT2D eigenvalue weighted by molar-refractivity contribution is -0.123. The highest BCUT2D eigenvalue weighted by Crippen LogP contribution is 2.23. The third-order valence-electron chi connectivity index (χ3n) is 4.05. The number of carboxylic acids is 1. The lowest BCUT2D eigenvalue weighted by Crippen LogP contribution is -2.33. The van der Waals surface area contributed by atoms with Crippen LogP contribution in [-0.2, 0) is 11.3 Å². The molecule has 0 spiro atoms. The predicted molar refractivity (Wildman–Crippen MR) is 86.3 cm³/mol. The molecule has 25 heavy (non-hydrogen) atoms. The molecule has 0 bridgehead atoms. The fourth-order valence-electron chi connectivity index (χ4n) is 2.79. The smallest absolute Gasteiger partial charge is 0.335 e. The van der Waals surface area contributed by atoms with Crippen LogP contribution in [0.25, 0.3) is 0 Å². The molecule has 1 amide bonds. The molecular weight excluding hydrogens is 326 g/mol. The van der Waals surface area contributed by atoms with Crippen molar-refractivity contribution in [3.8, 4) is 5.75 Å². The van der Waals surface area contributed by atoms with Crippen molar-refractivity contribution < 1.29 is 19.4 Å². The van der Waals surface area contributed by atoms with E-state index in [0.29, 0.717) is 24.5 Å². The molecule has 3 rings (SSSR count). The maximum atomic E-state index is 12.4. The number of fused-ring (bicyclic) bond motifs is 1. The van der Waals surface area contributed by atoms with E-state index in [1.165, 1.54) is 12.1 Å². The zero-order chi connectivity index (χ0) is 17.6. The average Bonchev–Trinajstić information content (AvgIpc) is 2.98. The summed E-state index contributed by atoms with van der Waals surface area (Å²) in [5, 5.41) is 23.3. The maximum Gasteiger partial charge on any atom is 0.335 e. The lowest BCUT2D eigenvalue weighted by atomic mass is 10.0. The molecule has 0 saturated heterocycles. The number of carbonyl (C=O) groups is 2. The first-order valence-corrected chi connectivity index (χ1v) is 8.15. The Morgan fingerprint density at radius 1 is 1.36 bits per heavy atom. The summed E-state index contributed by atoms with van der Waals surface area (Å²) in [6.45, 7) is 1.29. The third-order valence-corrected chi connectivity index (χ3v) is 4.05. The Labute approximate surface area is 144 Å². The van der Waals surface area contributed by atoms with Crippen LogP contribution in [0.3, 0.4) is 0 Å². The van der Waals surface area contributed by atoms with E-state index < -0.39 is 5.97 Å². The largest absolute Gasteiger partial charge is 0.492 e. The minimum absolute atomic E-state index is 0.124. The van der Waals surface area contributed by atoms with Crippen LogP contribution in [0, 0.1) is 0 Å². The summed E-state index contributed by atoms with van der Waals surface area (Å²) in [4.78, 5) is 23.3. The summed E-state index contributed by atoms with van der Waals surface area (Å²) in [6, 6.07) is 6.23. The number of hydrogen-bond acceptors (Lipinski definition) is 6. The Bertz CT molecular complexity index is 760. The molecule has 0 aliphatic carbocycles. The number of aromatic carboxylic acids is 1. The van der Waals surface area contributed by atoms with Gasteiger partial charge in [-0.25, -0.2) is 9.48 Å². The molecule has 1 aliphatic rings. The van der Waals surface area contributed by atoms with Gasteiger partial charge in [0.05, 0.1) is 18.0 Å². The van der Waals surface area contributed by atoms with Gasteiger partial charge >= 0.3 is 5.97 Å². The fraction of sp³-hybridized carbons (Fsp3) is 0.438. The number of amides is 1. The molecule has 2 N–H and O–H groups in total. The van der Waals surface area contributed by atoms with Crippen LogP contribution in [0.15, 0.2) is 24.3 Å². The first-order valence-electron chi connectivity index (χ1n) is 8.15. The van der Waals surface area contributed by atoms with Gasteiger partial charge in [-0.2, -0.15) is 0 Å². The van der Waals surface area contributed by atoms with E-state index in [-0.39, 0.29) is 24.0 Å². The van der Waals surface area contributed by atoms with Gasteiger partial charge in [0.2, 0.25) is 5.91 Å². The molecule has 1 aliphatic heterocycles. The van der Waals surface area contributed by atoms with E-state index in [9.17, 15) is 9.59 Å². The number of nitrogens with one attached hydrogen (secondary N) is 1. The van der Waals surface area contributed by atoms with E-state index in [0.717, 1.165) is 19.4 Å². The summed E-state index contributed by atoms with van der Waals surface area (Å²) in [5.41, 5.74) is 0.159. The fourth-order valence-corrected chi connectivity index (χ4v) is 2.79. The molecule has 132 valence electrons. The number of rotatable bonds is 6. The Kier molecular flexibility index (Phi) is 5.22. The van der Waals surface area contributed by atoms with Gasteiger partial charge in [-0.3, -0.25) is 4.79 Å². The van der Waals surface area contributed by atoms with Crippen molar-refractivity contribution in [3.05, 3.63) is 35.7 Å². The topological polar surface area (TPSA) is 119 Å². The monoisotopic (exact) mass is 345 g/mol. The van der Waals surface area contributed by atoms with Crippen LogP contribution in [-0.4, -0.2) is 50.3 Å². The molecular formula is C16H19N5O4. The number of benzene rings is 1. The van der Waals surface area contributed by atoms with Crippen molar-refractivity contribution in [3.63, 3.8) is 0 Å². The van der Waals surface area contributed by atoms with Crippen LogP contribution in [0.2, 0.25) is 0 Å². The first kappa shape index (κ1) is 16.9. The van der Waals surface area contributed by atoms with Crippen molar-refractivity contribution >= 4 is 11.9 Å². The number of ether oxygens (including phenoxy) is 1. The summed E-state index contributed by atoms with van der Waals surface area (Å²) in [7, 11) is 0. The number of aromatic nitrogens is 4. The van der Waals surface area contributed by atoms with E-state index >= 15 is 0 Å². The summed E-state index contributed by atoms with van der Waals surface area (Å²) < 4.78 is 7.18. The highest BCUT2D eigenvalue weighted by atomic mass is 16.5. The molecule has 9 heteroatoms. The van der Waals surface area contributed by atoms with Gasteiger partial charge in [-0.05, 0) is 41.5 Å². The summed E-state index contributed by atoms with van der Waals surface area (Å²) >= 11 is 0. The second-order valence-electron chi connectivity index (χ2n) is 5.78. The molecule has 0 fully saturated rings. The lowest BCUT2D eigenvalue weighted by Gasteiger charge is -2.14. The zero-order valence-corrected chi connectivity index (χ0v) is 13.6. The van der Waals surface area contributed by atoms with E-state index in [1.54, 1.807) is 16.8 Å². The SMILES string of the molecule is O=C(O)c1cccc(OCCNC(=O)[C@H]2CCCCn3nnnc32)c1. The van der Waals surface area contributed by atoms with E-state index in [4.69, 9.17) is 9.84 Å². The van der Waals surface area contributed by atoms with Crippen LogP contribution in [0.5, 0.6) is 5.75 Å². The van der Waals surface area contributed by atoms with Crippen LogP contribution >= 0.6 is 0 Å².